The first-order valence-electron chi connectivity index (χ1n) is 4.84. The fraction of sp³-hybridized carbons (Fsp3) is 0.600. The minimum Gasteiger partial charge on any atom is -0.464 e. The predicted octanol–water partition coefficient (Wildman–Crippen LogP) is 0.520. The first kappa shape index (κ1) is 11.7. The topological polar surface area (TPSA) is 64.3 Å². The number of hydrogen-bond acceptors (Lipinski definition) is 4. The van der Waals surface area contributed by atoms with E-state index in [0.29, 0.717) is 18.5 Å². The molecule has 0 fully saturated rings. The number of aliphatic hydroxyl groups excluding tert-OH is 1. The second-order valence-corrected chi connectivity index (χ2v) is 3.52. The summed E-state index contributed by atoms with van der Waals surface area (Å²) < 4.78 is 6.20. The lowest BCUT2D eigenvalue weighted by atomic mass is 10.1. The van der Waals surface area contributed by atoms with Crippen LogP contribution in [-0.4, -0.2) is 34.1 Å². The van der Waals surface area contributed by atoms with Crippen molar-refractivity contribution >= 4 is 5.97 Å². The summed E-state index contributed by atoms with van der Waals surface area (Å²) >= 11 is 0. The van der Waals surface area contributed by atoms with E-state index in [0.717, 1.165) is 5.69 Å². The van der Waals surface area contributed by atoms with Crippen molar-refractivity contribution in [2.75, 3.05) is 7.11 Å². The second kappa shape index (κ2) is 4.93. The smallest absolute Gasteiger partial charge is 0.358 e. The monoisotopic (exact) mass is 212 g/mol. The van der Waals surface area contributed by atoms with E-state index in [1.54, 1.807) is 24.7 Å². The maximum atomic E-state index is 11.2. The minimum atomic E-state index is -0.436. The lowest BCUT2D eigenvalue weighted by Crippen LogP contribution is -2.05. The number of methoxy groups -OCH3 is 1. The Balaban J connectivity index is 2.73. The predicted molar refractivity (Wildman–Crippen MR) is 54.5 cm³/mol. The van der Waals surface area contributed by atoms with Gasteiger partial charge in [-0.25, -0.2) is 4.79 Å². The van der Waals surface area contributed by atoms with Crippen molar-refractivity contribution in [2.45, 2.75) is 25.9 Å². The van der Waals surface area contributed by atoms with E-state index in [2.05, 4.69) is 9.84 Å². The lowest BCUT2D eigenvalue weighted by molar-refractivity contribution is 0.0593. The van der Waals surface area contributed by atoms with Crippen LogP contribution in [0.5, 0.6) is 0 Å². The molecule has 0 radical (unpaired) electrons. The molecule has 5 nitrogen and oxygen atoms in total. The summed E-state index contributed by atoms with van der Waals surface area (Å²) in [6, 6.07) is 1.69. The van der Waals surface area contributed by atoms with Gasteiger partial charge in [-0.15, -0.1) is 0 Å². The Morgan fingerprint density at radius 3 is 2.93 bits per heavy atom. The number of carbonyl (C=O) groups excluding carboxylic acids is 1. The van der Waals surface area contributed by atoms with Crippen molar-refractivity contribution in [3.63, 3.8) is 0 Å². The van der Waals surface area contributed by atoms with Crippen LogP contribution in [0.4, 0.5) is 0 Å². The summed E-state index contributed by atoms with van der Waals surface area (Å²) in [6.45, 7) is 1.73. The average molecular weight is 212 g/mol. The van der Waals surface area contributed by atoms with Gasteiger partial charge in [-0.05, 0) is 25.8 Å². The van der Waals surface area contributed by atoms with Crippen LogP contribution in [0.25, 0.3) is 0 Å². The molecule has 0 aliphatic heterocycles. The zero-order chi connectivity index (χ0) is 11.4. The van der Waals surface area contributed by atoms with Gasteiger partial charge in [0, 0.05) is 12.7 Å². The normalized spacial score (nSPS) is 12.5. The van der Waals surface area contributed by atoms with Gasteiger partial charge in [0.05, 0.1) is 13.2 Å². The molecule has 1 aromatic heterocycles. The Bertz CT molecular complexity index is 344. The molecule has 1 atom stereocenters. The summed E-state index contributed by atoms with van der Waals surface area (Å²) in [5.74, 6) is -0.436. The van der Waals surface area contributed by atoms with Gasteiger partial charge >= 0.3 is 5.97 Å². The molecule has 0 unspecified atom stereocenters. The highest BCUT2D eigenvalue weighted by atomic mass is 16.5. The number of esters is 1. The molecular formula is C10H16N2O3. The van der Waals surface area contributed by atoms with E-state index in [4.69, 9.17) is 5.11 Å². The summed E-state index contributed by atoms with van der Waals surface area (Å²) in [4.78, 5) is 11.2. The van der Waals surface area contributed by atoms with Crippen molar-refractivity contribution in [1.29, 1.82) is 0 Å². The van der Waals surface area contributed by atoms with Crippen molar-refractivity contribution in [1.82, 2.24) is 9.78 Å². The summed E-state index contributed by atoms with van der Waals surface area (Å²) in [5, 5.41) is 13.2. The van der Waals surface area contributed by atoms with Crippen molar-refractivity contribution < 1.29 is 14.6 Å². The summed E-state index contributed by atoms with van der Waals surface area (Å²) in [7, 11) is 3.09. The van der Waals surface area contributed by atoms with E-state index in [9.17, 15) is 4.79 Å². The molecule has 0 aromatic carbocycles. The summed E-state index contributed by atoms with van der Waals surface area (Å²) in [5.41, 5.74) is 1.22. The Labute approximate surface area is 88.7 Å². The van der Waals surface area contributed by atoms with Crippen LogP contribution in [0.2, 0.25) is 0 Å². The Morgan fingerprint density at radius 2 is 2.40 bits per heavy atom. The van der Waals surface area contributed by atoms with Crippen molar-refractivity contribution in [3.8, 4) is 0 Å². The standard InChI is InChI=1S/C10H16N2O3/c1-7(13)4-5-8-6-9(10(14)15-3)11-12(8)2/h6-7,13H,4-5H2,1-3H3/t7-/m0/s1. The summed E-state index contributed by atoms with van der Waals surface area (Å²) in [6.07, 6.45) is 1.000. The van der Waals surface area contributed by atoms with Gasteiger partial charge in [0.2, 0.25) is 0 Å². The molecular weight excluding hydrogens is 196 g/mol. The average Bonchev–Trinajstić information content (AvgIpc) is 2.55. The molecule has 1 N–H and O–H groups in total. The van der Waals surface area contributed by atoms with Crippen molar-refractivity contribution in [2.24, 2.45) is 7.05 Å². The number of hydrogen-bond donors (Lipinski definition) is 1. The maximum Gasteiger partial charge on any atom is 0.358 e. The van der Waals surface area contributed by atoms with Gasteiger partial charge in [-0.2, -0.15) is 5.10 Å². The van der Waals surface area contributed by atoms with Crippen LogP contribution in [0, 0.1) is 0 Å². The third-order valence-corrected chi connectivity index (χ3v) is 2.19. The molecule has 0 amide bonds. The van der Waals surface area contributed by atoms with Crippen LogP contribution >= 0.6 is 0 Å². The van der Waals surface area contributed by atoms with Crippen LogP contribution in [0.1, 0.15) is 29.5 Å². The van der Waals surface area contributed by atoms with E-state index in [1.807, 2.05) is 0 Å². The number of aryl methyl sites for hydroxylation is 2. The molecule has 0 saturated heterocycles. The molecule has 0 bridgehead atoms. The molecule has 1 heterocycles. The number of aromatic nitrogens is 2. The van der Waals surface area contributed by atoms with E-state index < -0.39 is 5.97 Å². The molecule has 1 rings (SSSR count). The zero-order valence-electron chi connectivity index (χ0n) is 9.23. The first-order valence-corrected chi connectivity index (χ1v) is 4.84. The number of aliphatic hydroxyl groups is 1. The Kier molecular flexibility index (Phi) is 3.85. The van der Waals surface area contributed by atoms with E-state index in [1.165, 1.54) is 7.11 Å². The number of carbonyl (C=O) groups is 1. The molecule has 0 aliphatic carbocycles. The third-order valence-electron chi connectivity index (χ3n) is 2.19. The molecule has 5 heteroatoms. The van der Waals surface area contributed by atoms with Crippen LogP contribution in [0.3, 0.4) is 0 Å². The molecule has 15 heavy (non-hydrogen) atoms. The SMILES string of the molecule is COC(=O)c1cc(CC[C@H](C)O)n(C)n1. The molecule has 1 aromatic rings. The molecule has 0 saturated carbocycles. The minimum absolute atomic E-state index is 0.306. The first-order chi connectivity index (χ1) is 7.04. The van der Waals surface area contributed by atoms with Crippen LogP contribution in [0.15, 0.2) is 6.07 Å². The highest BCUT2D eigenvalue weighted by molar-refractivity contribution is 5.87. The van der Waals surface area contributed by atoms with Gasteiger partial charge in [-0.3, -0.25) is 4.68 Å². The van der Waals surface area contributed by atoms with Gasteiger partial charge in [0.15, 0.2) is 5.69 Å². The van der Waals surface area contributed by atoms with Gasteiger partial charge < -0.3 is 9.84 Å². The second-order valence-electron chi connectivity index (χ2n) is 3.52. The van der Waals surface area contributed by atoms with E-state index in [-0.39, 0.29) is 6.10 Å². The lowest BCUT2D eigenvalue weighted by Gasteiger charge is -2.03. The highest BCUT2D eigenvalue weighted by Crippen LogP contribution is 2.08. The fourth-order valence-electron chi connectivity index (χ4n) is 1.30. The van der Waals surface area contributed by atoms with Crippen LogP contribution < -0.4 is 0 Å². The molecule has 0 aliphatic rings. The number of rotatable bonds is 4. The maximum absolute atomic E-state index is 11.2. The largest absolute Gasteiger partial charge is 0.464 e. The Morgan fingerprint density at radius 1 is 1.73 bits per heavy atom. The third kappa shape index (κ3) is 3.06. The Hall–Kier alpha value is -1.36. The van der Waals surface area contributed by atoms with E-state index >= 15 is 0 Å². The van der Waals surface area contributed by atoms with Crippen molar-refractivity contribution in [3.05, 3.63) is 17.5 Å². The van der Waals surface area contributed by atoms with Gasteiger partial charge in [-0.1, -0.05) is 0 Å². The number of ether oxygens (including phenoxy) is 1. The van der Waals surface area contributed by atoms with Gasteiger partial charge in [0.1, 0.15) is 0 Å². The number of nitrogens with zero attached hydrogens (tertiary/aromatic N) is 2. The zero-order valence-corrected chi connectivity index (χ0v) is 9.23. The molecule has 84 valence electrons. The highest BCUT2D eigenvalue weighted by Gasteiger charge is 2.12. The quantitative estimate of drug-likeness (QED) is 0.739. The fourth-order valence-corrected chi connectivity index (χ4v) is 1.30. The molecule has 0 spiro atoms. The van der Waals surface area contributed by atoms with Gasteiger partial charge in [0.25, 0.3) is 0 Å². The van der Waals surface area contributed by atoms with Crippen LogP contribution in [-0.2, 0) is 18.2 Å².